The molecule has 0 fully saturated rings. The molecule has 1 unspecified atom stereocenters. The molecule has 3 nitrogen and oxygen atoms in total. The Balaban J connectivity index is 2.32. The van der Waals surface area contributed by atoms with Gasteiger partial charge in [-0.3, -0.25) is 0 Å². The van der Waals surface area contributed by atoms with Crippen LogP contribution in [0.15, 0.2) is 11.6 Å². The third-order valence-electron chi connectivity index (χ3n) is 2.88. The van der Waals surface area contributed by atoms with Crippen LogP contribution in [0.4, 0.5) is 0 Å². The summed E-state index contributed by atoms with van der Waals surface area (Å²) >= 11 is 0. The summed E-state index contributed by atoms with van der Waals surface area (Å²) in [6.07, 6.45) is 7.06. The van der Waals surface area contributed by atoms with E-state index in [1.807, 2.05) is 0 Å². The van der Waals surface area contributed by atoms with Crippen LogP contribution in [-0.4, -0.2) is 26.0 Å². The van der Waals surface area contributed by atoms with Gasteiger partial charge in [0, 0.05) is 11.8 Å². The molecule has 0 radical (unpaired) electrons. The van der Waals surface area contributed by atoms with Crippen molar-refractivity contribution < 1.29 is 8.42 Å². The first-order valence-corrected chi connectivity index (χ1v) is 7.51. The van der Waals surface area contributed by atoms with Gasteiger partial charge in [-0.2, -0.15) is 0 Å². The van der Waals surface area contributed by atoms with E-state index in [2.05, 4.69) is 6.08 Å². The third-order valence-corrected chi connectivity index (χ3v) is 4.67. The Kier molecular flexibility index (Phi) is 4.80. The summed E-state index contributed by atoms with van der Waals surface area (Å²) in [6, 6.07) is 0.191. The first-order chi connectivity index (χ1) is 7.03. The van der Waals surface area contributed by atoms with Crippen molar-refractivity contribution in [1.29, 1.82) is 0 Å². The van der Waals surface area contributed by atoms with Crippen LogP contribution in [0, 0.1) is 0 Å². The lowest BCUT2D eigenvalue weighted by molar-refractivity contribution is 0.588. The van der Waals surface area contributed by atoms with Crippen molar-refractivity contribution in [3.05, 3.63) is 11.6 Å². The fourth-order valence-electron chi connectivity index (χ4n) is 1.91. The van der Waals surface area contributed by atoms with Gasteiger partial charge in [0.15, 0.2) is 0 Å². The molecule has 88 valence electrons. The summed E-state index contributed by atoms with van der Waals surface area (Å²) in [7, 11) is -2.79. The summed E-state index contributed by atoms with van der Waals surface area (Å²) in [5, 5.41) is 0. The van der Waals surface area contributed by atoms with Gasteiger partial charge >= 0.3 is 0 Å². The predicted octanol–water partition coefficient (Wildman–Crippen LogP) is 1.64. The van der Waals surface area contributed by atoms with Crippen LogP contribution in [0.5, 0.6) is 0 Å². The normalized spacial score (nSPS) is 22.5. The van der Waals surface area contributed by atoms with Gasteiger partial charge in [-0.1, -0.05) is 18.6 Å². The van der Waals surface area contributed by atoms with Crippen LogP contribution in [0.25, 0.3) is 0 Å². The zero-order valence-electron chi connectivity index (χ0n) is 9.41. The number of sulfone groups is 1. The largest absolute Gasteiger partial charge is 0.324 e. The monoisotopic (exact) mass is 231 g/mol. The summed E-state index contributed by atoms with van der Waals surface area (Å²) in [5.41, 5.74) is 7.16. The Labute approximate surface area is 92.7 Å². The fourth-order valence-corrected chi connectivity index (χ4v) is 2.78. The molecule has 0 spiro atoms. The van der Waals surface area contributed by atoms with Crippen molar-refractivity contribution >= 4 is 9.84 Å². The zero-order chi connectivity index (χ0) is 11.3. The Bertz CT molecular complexity index is 319. The minimum atomic E-state index is -2.79. The van der Waals surface area contributed by atoms with E-state index >= 15 is 0 Å². The van der Waals surface area contributed by atoms with Crippen LogP contribution in [0.1, 0.15) is 39.0 Å². The standard InChI is InChI=1S/C11H21NO2S/c1-2-15(13,14)8-4-6-10-5-3-7-11(12)9-10/h9,11H,2-8,12H2,1H3. The number of hydrogen-bond acceptors (Lipinski definition) is 3. The highest BCUT2D eigenvalue weighted by Gasteiger charge is 2.11. The molecule has 0 aromatic heterocycles. The molecule has 1 atom stereocenters. The molecular weight excluding hydrogens is 210 g/mol. The van der Waals surface area contributed by atoms with Crippen molar-refractivity contribution in [1.82, 2.24) is 0 Å². The van der Waals surface area contributed by atoms with Gasteiger partial charge in [0.1, 0.15) is 9.84 Å². The molecule has 0 saturated heterocycles. The predicted molar refractivity (Wildman–Crippen MR) is 63.5 cm³/mol. The van der Waals surface area contributed by atoms with E-state index in [1.165, 1.54) is 5.57 Å². The van der Waals surface area contributed by atoms with Crippen molar-refractivity contribution in [2.24, 2.45) is 5.73 Å². The van der Waals surface area contributed by atoms with Crippen LogP contribution >= 0.6 is 0 Å². The summed E-state index contributed by atoms with van der Waals surface area (Å²) < 4.78 is 22.5. The number of rotatable bonds is 5. The first kappa shape index (κ1) is 12.7. The number of allylic oxidation sites excluding steroid dienone is 1. The average molecular weight is 231 g/mol. The highest BCUT2D eigenvalue weighted by Crippen LogP contribution is 2.21. The Hall–Kier alpha value is -0.350. The minimum Gasteiger partial charge on any atom is -0.324 e. The molecule has 0 amide bonds. The Morgan fingerprint density at radius 2 is 2.27 bits per heavy atom. The van der Waals surface area contributed by atoms with E-state index in [1.54, 1.807) is 6.92 Å². The van der Waals surface area contributed by atoms with Gasteiger partial charge in [-0.15, -0.1) is 0 Å². The van der Waals surface area contributed by atoms with Gasteiger partial charge in [-0.25, -0.2) is 8.42 Å². The SMILES string of the molecule is CCS(=O)(=O)CCCC1=CC(N)CCC1. The minimum absolute atomic E-state index is 0.191. The summed E-state index contributed by atoms with van der Waals surface area (Å²) in [4.78, 5) is 0. The van der Waals surface area contributed by atoms with Gasteiger partial charge < -0.3 is 5.73 Å². The van der Waals surface area contributed by atoms with E-state index in [0.717, 1.165) is 32.1 Å². The molecule has 1 aliphatic carbocycles. The molecular formula is C11H21NO2S. The van der Waals surface area contributed by atoms with E-state index in [4.69, 9.17) is 5.73 Å². The molecule has 15 heavy (non-hydrogen) atoms. The van der Waals surface area contributed by atoms with Gasteiger partial charge in [0.2, 0.25) is 0 Å². The maximum atomic E-state index is 11.3. The molecule has 0 aromatic carbocycles. The molecule has 4 heteroatoms. The van der Waals surface area contributed by atoms with E-state index < -0.39 is 9.84 Å². The van der Waals surface area contributed by atoms with Gasteiger partial charge in [0.25, 0.3) is 0 Å². The fraction of sp³-hybridized carbons (Fsp3) is 0.818. The van der Waals surface area contributed by atoms with Crippen molar-refractivity contribution in [2.45, 2.75) is 45.1 Å². The van der Waals surface area contributed by atoms with Crippen molar-refractivity contribution in [3.8, 4) is 0 Å². The molecule has 0 heterocycles. The van der Waals surface area contributed by atoms with E-state index in [0.29, 0.717) is 5.75 Å². The molecule has 0 bridgehead atoms. The number of nitrogens with two attached hydrogens (primary N) is 1. The van der Waals surface area contributed by atoms with Gasteiger partial charge in [0.05, 0.1) is 5.75 Å². The lowest BCUT2D eigenvalue weighted by Crippen LogP contribution is -2.20. The quantitative estimate of drug-likeness (QED) is 0.732. The molecule has 0 saturated carbocycles. The average Bonchev–Trinajstić information content (AvgIpc) is 2.18. The lowest BCUT2D eigenvalue weighted by Gasteiger charge is -2.17. The number of hydrogen-bond donors (Lipinski definition) is 1. The Morgan fingerprint density at radius 1 is 1.53 bits per heavy atom. The summed E-state index contributed by atoms with van der Waals surface area (Å²) in [6.45, 7) is 1.70. The second-order valence-corrected chi connectivity index (χ2v) is 6.69. The topological polar surface area (TPSA) is 60.2 Å². The zero-order valence-corrected chi connectivity index (χ0v) is 10.2. The maximum absolute atomic E-state index is 11.3. The molecule has 0 aromatic rings. The van der Waals surface area contributed by atoms with Crippen LogP contribution in [-0.2, 0) is 9.84 Å². The van der Waals surface area contributed by atoms with Gasteiger partial charge in [-0.05, 0) is 32.1 Å². The lowest BCUT2D eigenvalue weighted by atomic mass is 9.94. The highest BCUT2D eigenvalue weighted by molar-refractivity contribution is 7.91. The molecule has 2 N–H and O–H groups in total. The van der Waals surface area contributed by atoms with Crippen molar-refractivity contribution in [2.75, 3.05) is 11.5 Å². The van der Waals surface area contributed by atoms with Crippen LogP contribution < -0.4 is 5.73 Å². The third kappa shape index (κ3) is 4.80. The second kappa shape index (κ2) is 5.66. The highest BCUT2D eigenvalue weighted by atomic mass is 32.2. The maximum Gasteiger partial charge on any atom is 0.150 e. The second-order valence-electron chi connectivity index (χ2n) is 4.22. The molecule has 0 aliphatic heterocycles. The van der Waals surface area contributed by atoms with Crippen molar-refractivity contribution in [3.63, 3.8) is 0 Å². The molecule has 1 aliphatic rings. The smallest absolute Gasteiger partial charge is 0.150 e. The first-order valence-electron chi connectivity index (χ1n) is 5.69. The van der Waals surface area contributed by atoms with E-state index in [9.17, 15) is 8.42 Å². The van der Waals surface area contributed by atoms with E-state index in [-0.39, 0.29) is 11.8 Å². The summed E-state index contributed by atoms with van der Waals surface area (Å²) in [5.74, 6) is 0.571. The van der Waals surface area contributed by atoms with Crippen LogP contribution in [0.3, 0.4) is 0 Å². The molecule has 1 rings (SSSR count). The Morgan fingerprint density at radius 3 is 2.87 bits per heavy atom. The van der Waals surface area contributed by atoms with Crippen LogP contribution in [0.2, 0.25) is 0 Å².